The van der Waals surface area contributed by atoms with Gasteiger partial charge in [-0.2, -0.15) is 5.26 Å². The average Bonchev–Trinajstić information content (AvgIpc) is 2.76. The normalized spacial score (nSPS) is 29.4. The predicted molar refractivity (Wildman–Crippen MR) is 69.7 cm³/mol. The van der Waals surface area contributed by atoms with E-state index >= 15 is 0 Å². The Morgan fingerprint density at radius 1 is 1.12 bits per heavy atom. The minimum atomic E-state index is -0.290. The summed E-state index contributed by atoms with van der Waals surface area (Å²) >= 11 is 0. The fraction of sp³-hybridized carbons (Fsp3) is 0.929. The number of nitrogens with zero attached hydrogens (tertiary/aromatic N) is 3. The van der Waals surface area contributed by atoms with Gasteiger partial charge in [0.15, 0.2) is 0 Å². The summed E-state index contributed by atoms with van der Waals surface area (Å²) in [4.78, 5) is 5.03. The fourth-order valence-electron chi connectivity index (χ4n) is 3.33. The number of nitriles is 1. The highest BCUT2D eigenvalue weighted by Crippen LogP contribution is 2.28. The third-order valence-electron chi connectivity index (χ3n) is 4.60. The van der Waals surface area contributed by atoms with E-state index in [9.17, 15) is 0 Å². The highest BCUT2D eigenvalue weighted by atomic mass is 15.2. The molecular formula is C14H25N3. The van der Waals surface area contributed by atoms with Crippen LogP contribution < -0.4 is 0 Å². The third kappa shape index (κ3) is 2.64. The topological polar surface area (TPSA) is 30.3 Å². The number of rotatable bonds is 2. The van der Waals surface area contributed by atoms with Gasteiger partial charge in [0.1, 0.15) is 5.54 Å². The van der Waals surface area contributed by atoms with Crippen LogP contribution in [0.5, 0.6) is 0 Å². The summed E-state index contributed by atoms with van der Waals surface area (Å²) < 4.78 is 0. The summed E-state index contributed by atoms with van der Waals surface area (Å²) in [6.45, 7) is 9.87. The lowest BCUT2D eigenvalue weighted by molar-refractivity contribution is 0.0681. The van der Waals surface area contributed by atoms with E-state index in [-0.39, 0.29) is 5.54 Å². The molecule has 2 aliphatic rings. The summed E-state index contributed by atoms with van der Waals surface area (Å²) in [6.07, 6.45) is 5.19. The van der Waals surface area contributed by atoms with Gasteiger partial charge in [0, 0.05) is 25.2 Å². The van der Waals surface area contributed by atoms with Crippen molar-refractivity contribution in [3.8, 4) is 6.07 Å². The van der Waals surface area contributed by atoms with E-state index in [4.69, 9.17) is 5.26 Å². The van der Waals surface area contributed by atoms with Crippen LogP contribution in [0.15, 0.2) is 0 Å². The molecule has 0 aliphatic carbocycles. The molecule has 0 N–H and O–H groups in total. The van der Waals surface area contributed by atoms with Crippen LogP contribution in [-0.4, -0.2) is 47.1 Å². The molecule has 0 bridgehead atoms. The molecule has 1 atom stereocenters. The molecule has 17 heavy (non-hydrogen) atoms. The van der Waals surface area contributed by atoms with Gasteiger partial charge in [0.2, 0.25) is 0 Å². The Labute approximate surface area is 105 Å². The monoisotopic (exact) mass is 235 g/mol. The maximum absolute atomic E-state index is 9.16. The molecule has 0 aromatic rings. The number of hydrogen-bond donors (Lipinski definition) is 0. The van der Waals surface area contributed by atoms with Crippen molar-refractivity contribution in [2.24, 2.45) is 0 Å². The number of likely N-dealkylation sites (tertiary alicyclic amines) is 2. The average molecular weight is 235 g/mol. The molecule has 0 aromatic heterocycles. The van der Waals surface area contributed by atoms with Crippen LogP contribution in [0, 0.1) is 11.3 Å². The van der Waals surface area contributed by atoms with Gasteiger partial charge < -0.3 is 0 Å². The predicted octanol–water partition coefficient (Wildman–Crippen LogP) is 2.24. The van der Waals surface area contributed by atoms with E-state index in [0.717, 1.165) is 25.2 Å². The van der Waals surface area contributed by atoms with Crippen molar-refractivity contribution in [3.05, 3.63) is 0 Å². The minimum Gasteiger partial charge on any atom is -0.298 e. The van der Waals surface area contributed by atoms with E-state index in [1.54, 1.807) is 0 Å². The van der Waals surface area contributed by atoms with E-state index in [1.165, 1.54) is 32.2 Å². The lowest BCUT2D eigenvalue weighted by atomic mass is 9.96. The highest BCUT2D eigenvalue weighted by molar-refractivity contribution is 5.03. The van der Waals surface area contributed by atoms with Gasteiger partial charge in [-0.1, -0.05) is 0 Å². The zero-order chi connectivity index (χ0) is 12.5. The summed E-state index contributed by atoms with van der Waals surface area (Å²) in [7, 11) is 0. The molecule has 2 aliphatic heterocycles. The van der Waals surface area contributed by atoms with Crippen molar-refractivity contribution in [1.82, 2.24) is 9.80 Å². The molecule has 96 valence electrons. The lowest BCUT2D eigenvalue weighted by Crippen LogP contribution is -2.52. The van der Waals surface area contributed by atoms with E-state index in [1.807, 2.05) is 13.8 Å². The van der Waals surface area contributed by atoms with Gasteiger partial charge in [-0.15, -0.1) is 0 Å². The van der Waals surface area contributed by atoms with Crippen molar-refractivity contribution in [3.63, 3.8) is 0 Å². The van der Waals surface area contributed by atoms with E-state index < -0.39 is 0 Å². The number of hydrogen-bond acceptors (Lipinski definition) is 3. The van der Waals surface area contributed by atoms with Crippen LogP contribution in [0.3, 0.4) is 0 Å². The van der Waals surface area contributed by atoms with Crippen LogP contribution in [-0.2, 0) is 0 Å². The zero-order valence-electron chi connectivity index (χ0n) is 11.4. The Hall–Kier alpha value is -0.590. The van der Waals surface area contributed by atoms with Crippen LogP contribution in [0.4, 0.5) is 0 Å². The largest absolute Gasteiger partial charge is 0.298 e. The Bertz CT molecular complexity index is 297. The molecule has 3 heteroatoms. The van der Waals surface area contributed by atoms with Crippen molar-refractivity contribution in [2.45, 2.75) is 64.1 Å². The lowest BCUT2D eigenvalue weighted by Gasteiger charge is -2.42. The smallest absolute Gasteiger partial charge is 0.103 e. The van der Waals surface area contributed by atoms with Gasteiger partial charge >= 0.3 is 0 Å². The summed E-state index contributed by atoms with van der Waals surface area (Å²) in [5.74, 6) is 0. The molecule has 0 radical (unpaired) electrons. The maximum Gasteiger partial charge on any atom is 0.103 e. The molecule has 2 saturated heterocycles. The first-order valence-corrected chi connectivity index (χ1v) is 6.96. The standard InChI is InChI=1S/C14H25N3/c1-12-5-4-8-17(12)13-6-9-16(10-7-13)14(2,3)11-15/h12-13H,4-10H2,1-3H3. The Morgan fingerprint density at radius 2 is 1.76 bits per heavy atom. The molecule has 0 spiro atoms. The SMILES string of the molecule is CC1CCCN1C1CCN(C(C)(C)C#N)CC1. The van der Waals surface area contributed by atoms with E-state index in [0.29, 0.717) is 0 Å². The molecule has 0 saturated carbocycles. The van der Waals surface area contributed by atoms with Gasteiger partial charge in [-0.25, -0.2) is 0 Å². The zero-order valence-corrected chi connectivity index (χ0v) is 11.4. The summed E-state index contributed by atoms with van der Waals surface area (Å²) in [5.41, 5.74) is -0.290. The van der Waals surface area contributed by atoms with Crippen molar-refractivity contribution >= 4 is 0 Å². The molecule has 0 amide bonds. The maximum atomic E-state index is 9.16. The molecular weight excluding hydrogens is 210 g/mol. The van der Waals surface area contributed by atoms with Crippen LogP contribution in [0.25, 0.3) is 0 Å². The third-order valence-corrected chi connectivity index (χ3v) is 4.60. The van der Waals surface area contributed by atoms with E-state index in [2.05, 4.69) is 22.8 Å². The second-order valence-corrected chi connectivity index (χ2v) is 6.12. The quantitative estimate of drug-likeness (QED) is 0.735. The first-order valence-electron chi connectivity index (χ1n) is 6.96. The highest BCUT2D eigenvalue weighted by Gasteiger charge is 2.34. The fourth-order valence-corrected chi connectivity index (χ4v) is 3.33. The molecule has 2 heterocycles. The Balaban J connectivity index is 1.88. The molecule has 0 aromatic carbocycles. The number of piperidine rings is 1. The van der Waals surface area contributed by atoms with Gasteiger partial charge in [0.05, 0.1) is 6.07 Å². The summed E-state index contributed by atoms with van der Waals surface area (Å²) in [5, 5.41) is 9.16. The summed E-state index contributed by atoms with van der Waals surface area (Å²) in [6, 6.07) is 3.95. The molecule has 2 rings (SSSR count). The second kappa shape index (κ2) is 4.96. The van der Waals surface area contributed by atoms with Crippen LogP contribution >= 0.6 is 0 Å². The Kier molecular flexibility index (Phi) is 3.75. The van der Waals surface area contributed by atoms with Crippen LogP contribution in [0.2, 0.25) is 0 Å². The van der Waals surface area contributed by atoms with Crippen molar-refractivity contribution in [2.75, 3.05) is 19.6 Å². The Morgan fingerprint density at radius 3 is 2.24 bits per heavy atom. The first-order chi connectivity index (χ1) is 8.04. The van der Waals surface area contributed by atoms with Crippen molar-refractivity contribution < 1.29 is 0 Å². The molecule has 1 unspecified atom stereocenters. The molecule has 2 fully saturated rings. The second-order valence-electron chi connectivity index (χ2n) is 6.12. The van der Waals surface area contributed by atoms with Gasteiger partial charge in [-0.3, -0.25) is 9.80 Å². The van der Waals surface area contributed by atoms with Crippen LogP contribution in [0.1, 0.15) is 46.5 Å². The van der Waals surface area contributed by atoms with Gasteiger partial charge in [0.25, 0.3) is 0 Å². The first kappa shape index (κ1) is 12.9. The molecule has 3 nitrogen and oxygen atoms in total. The van der Waals surface area contributed by atoms with Crippen molar-refractivity contribution in [1.29, 1.82) is 5.26 Å². The van der Waals surface area contributed by atoms with Gasteiger partial charge in [-0.05, 0) is 53.0 Å². The minimum absolute atomic E-state index is 0.290.